The molecule has 0 aliphatic heterocycles. The fourth-order valence-electron chi connectivity index (χ4n) is 1.57. The summed E-state index contributed by atoms with van der Waals surface area (Å²) in [5, 5.41) is 3.61. The van der Waals surface area contributed by atoms with Crippen LogP contribution in [0.4, 0.5) is 10.5 Å². The average molecular weight is 230 g/mol. The zero-order valence-corrected chi connectivity index (χ0v) is 9.81. The van der Waals surface area contributed by atoms with E-state index in [1.807, 2.05) is 44.2 Å². The highest BCUT2D eigenvalue weighted by molar-refractivity contribution is 5.98. The van der Waals surface area contributed by atoms with E-state index in [2.05, 4.69) is 10.3 Å². The number of benzene rings is 1. The van der Waals surface area contributed by atoms with Crippen LogP contribution in [0.3, 0.4) is 0 Å². The number of carbonyl (C=O) groups excluding carboxylic acids is 1. The van der Waals surface area contributed by atoms with Gasteiger partial charge in [-0.25, -0.2) is 4.79 Å². The second-order valence-electron chi connectivity index (χ2n) is 3.95. The van der Waals surface area contributed by atoms with Gasteiger partial charge in [-0.3, -0.25) is 10.3 Å². The Morgan fingerprint density at radius 3 is 2.88 bits per heavy atom. The summed E-state index contributed by atoms with van der Waals surface area (Å²) < 4.78 is 5.03. The molecule has 0 radical (unpaired) electrons. The lowest BCUT2D eigenvalue weighted by atomic mass is 10.2. The molecular formula is C13H14N2O2. The Morgan fingerprint density at radius 2 is 2.12 bits per heavy atom. The van der Waals surface area contributed by atoms with Gasteiger partial charge in [-0.15, -0.1) is 0 Å². The zero-order valence-electron chi connectivity index (χ0n) is 9.81. The Labute approximate surface area is 99.6 Å². The fourth-order valence-corrected chi connectivity index (χ4v) is 1.57. The van der Waals surface area contributed by atoms with Crippen LogP contribution in [0.5, 0.6) is 0 Å². The molecule has 0 spiro atoms. The summed E-state index contributed by atoms with van der Waals surface area (Å²) in [6.07, 6.45) is 1.14. The standard InChI is InChI=1S/C13H14N2O2/c1-9(2)17-13(16)15-12-7-3-6-11-10(12)5-4-8-14-11/h3-9H,1-2H3,(H,15,16). The molecule has 88 valence electrons. The first-order valence-electron chi connectivity index (χ1n) is 5.48. The van der Waals surface area contributed by atoms with Crippen molar-refractivity contribution in [1.29, 1.82) is 0 Å². The first-order valence-corrected chi connectivity index (χ1v) is 5.48. The summed E-state index contributed by atoms with van der Waals surface area (Å²) >= 11 is 0. The van der Waals surface area contributed by atoms with Crippen LogP contribution in [-0.4, -0.2) is 17.2 Å². The summed E-state index contributed by atoms with van der Waals surface area (Å²) in [5.41, 5.74) is 1.55. The summed E-state index contributed by atoms with van der Waals surface area (Å²) in [5.74, 6) is 0. The molecular weight excluding hydrogens is 216 g/mol. The molecule has 2 aromatic rings. The lowest BCUT2D eigenvalue weighted by molar-refractivity contribution is 0.130. The largest absolute Gasteiger partial charge is 0.447 e. The molecule has 0 saturated carbocycles. The van der Waals surface area contributed by atoms with Crippen molar-refractivity contribution in [3.8, 4) is 0 Å². The zero-order chi connectivity index (χ0) is 12.3. The van der Waals surface area contributed by atoms with Crippen LogP contribution >= 0.6 is 0 Å². The van der Waals surface area contributed by atoms with Crippen LogP contribution in [0.15, 0.2) is 36.5 Å². The Kier molecular flexibility index (Phi) is 3.23. The van der Waals surface area contributed by atoms with Crippen LogP contribution in [-0.2, 0) is 4.74 Å². The second kappa shape index (κ2) is 4.82. The Bertz CT molecular complexity index is 532. The monoisotopic (exact) mass is 230 g/mol. The number of fused-ring (bicyclic) bond motifs is 1. The van der Waals surface area contributed by atoms with Crippen LogP contribution in [0.25, 0.3) is 10.9 Å². The molecule has 1 heterocycles. The highest BCUT2D eigenvalue weighted by Crippen LogP contribution is 2.21. The van der Waals surface area contributed by atoms with Crippen molar-refractivity contribution < 1.29 is 9.53 Å². The molecule has 0 aliphatic rings. The van der Waals surface area contributed by atoms with Gasteiger partial charge in [0.1, 0.15) is 0 Å². The average Bonchev–Trinajstić information content (AvgIpc) is 2.28. The van der Waals surface area contributed by atoms with Crippen molar-refractivity contribution in [2.75, 3.05) is 5.32 Å². The number of anilines is 1. The molecule has 4 heteroatoms. The van der Waals surface area contributed by atoms with Gasteiger partial charge in [0.25, 0.3) is 0 Å². The molecule has 1 amide bonds. The van der Waals surface area contributed by atoms with Crippen LogP contribution in [0, 0.1) is 0 Å². The van der Waals surface area contributed by atoms with Gasteiger partial charge in [0.05, 0.1) is 17.3 Å². The van der Waals surface area contributed by atoms with Gasteiger partial charge in [-0.05, 0) is 38.1 Å². The first kappa shape index (κ1) is 11.4. The van der Waals surface area contributed by atoms with E-state index in [0.717, 1.165) is 10.9 Å². The van der Waals surface area contributed by atoms with E-state index in [1.165, 1.54) is 0 Å². The molecule has 17 heavy (non-hydrogen) atoms. The van der Waals surface area contributed by atoms with E-state index in [0.29, 0.717) is 5.69 Å². The Balaban J connectivity index is 2.27. The van der Waals surface area contributed by atoms with Gasteiger partial charge in [0.15, 0.2) is 0 Å². The van der Waals surface area contributed by atoms with E-state index in [4.69, 9.17) is 4.74 Å². The number of nitrogens with zero attached hydrogens (tertiary/aromatic N) is 1. The van der Waals surface area contributed by atoms with E-state index in [9.17, 15) is 4.79 Å². The minimum Gasteiger partial charge on any atom is -0.447 e. The third-order valence-corrected chi connectivity index (χ3v) is 2.23. The number of pyridine rings is 1. The quantitative estimate of drug-likeness (QED) is 0.861. The molecule has 4 nitrogen and oxygen atoms in total. The van der Waals surface area contributed by atoms with Gasteiger partial charge in [-0.1, -0.05) is 6.07 Å². The molecule has 2 rings (SSSR count). The Morgan fingerprint density at radius 1 is 1.29 bits per heavy atom. The van der Waals surface area contributed by atoms with E-state index < -0.39 is 6.09 Å². The first-order chi connectivity index (χ1) is 8.16. The Hall–Kier alpha value is -2.10. The number of hydrogen-bond donors (Lipinski definition) is 1. The van der Waals surface area contributed by atoms with Crippen LogP contribution < -0.4 is 5.32 Å². The van der Waals surface area contributed by atoms with Crippen LogP contribution in [0.2, 0.25) is 0 Å². The molecule has 1 aromatic heterocycles. The number of rotatable bonds is 2. The fraction of sp³-hybridized carbons (Fsp3) is 0.231. The molecule has 1 N–H and O–H groups in total. The summed E-state index contributed by atoms with van der Waals surface area (Å²) in [6, 6.07) is 9.31. The maximum Gasteiger partial charge on any atom is 0.411 e. The van der Waals surface area contributed by atoms with Crippen LogP contribution in [0.1, 0.15) is 13.8 Å². The summed E-state index contributed by atoms with van der Waals surface area (Å²) in [6.45, 7) is 3.62. The summed E-state index contributed by atoms with van der Waals surface area (Å²) in [4.78, 5) is 15.7. The van der Waals surface area contributed by atoms with Gasteiger partial charge in [-0.2, -0.15) is 0 Å². The van der Waals surface area contributed by atoms with Crippen molar-refractivity contribution in [2.45, 2.75) is 20.0 Å². The third kappa shape index (κ3) is 2.72. The van der Waals surface area contributed by atoms with Crippen molar-refractivity contribution in [3.63, 3.8) is 0 Å². The smallest absolute Gasteiger partial charge is 0.411 e. The minimum atomic E-state index is -0.448. The van der Waals surface area contributed by atoms with Gasteiger partial charge in [0, 0.05) is 11.6 Å². The molecule has 0 atom stereocenters. The number of amides is 1. The lowest BCUT2D eigenvalue weighted by Crippen LogP contribution is -2.18. The maximum atomic E-state index is 11.5. The SMILES string of the molecule is CC(C)OC(=O)Nc1cccc2ncccc12. The second-order valence-corrected chi connectivity index (χ2v) is 3.95. The predicted octanol–water partition coefficient (Wildman–Crippen LogP) is 3.19. The molecule has 0 unspecified atom stereocenters. The van der Waals surface area contributed by atoms with E-state index >= 15 is 0 Å². The number of hydrogen-bond acceptors (Lipinski definition) is 3. The van der Waals surface area contributed by atoms with Crippen molar-refractivity contribution in [2.24, 2.45) is 0 Å². The van der Waals surface area contributed by atoms with Crippen molar-refractivity contribution in [1.82, 2.24) is 4.98 Å². The molecule has 0 aliphatic carbocycles. The number of carbonyl (C=O) groups is 1. The van der Waals surface area contributed by atoms with Gasteiger partial charge >= 0.3 is 6.09 Å². The van der Waals surface area contributed by atoms with E-state index in [-0.39, 0.29) is 6.10 Å². The molecule has 0 saturated heterocycles. The number of nitrogens with one attached hydrogen (secondary N) is 1. The molecule has 0 bridgehead atoms. The highest BCUT2D eigenvalue weighted by atomic mass is 16.6. The topological polar surface area (TPSA) is 51.2 Å². The van der Waals surface area contributed by atoms with Gasteiger partial charge in [0.2, 0.25) is 0 Å². The maximum absolute atomic E-state index is 11.5. The third-order valence-electron chi connectivity index (χ3n) is 2.23. The van der Waals surface area contributed by atoms with Crippen molar-refractivity contribution in [3.05, 3.63) is 36.5 Å². The van der Waals surface area contributed by atoms with Crippen molar-refractivity contribution >= 4 is 22.7 Å². The minimum absolute atomic E-state index is 0.136. The van der Waals surface area contributed by atoms with E-state index in [1.54, 1.807) is 6.20 Å². The highest BCUT2D eigenvalue weighted by Gasteiger charge is 2.07. The van der Waals surface area contributed by atoms with Gasteiger partial charge < -0.3 is 4.74 Å². The normalized spacial score (nSPS) is 10.5. The lowest BCUT2D eigenvalue weighted by Gasteiger charge is -2.10. The number of aromatic nitrogens is 1. The molecule has 1 aromatic carbocycles. The predicted molar refractivity (Wildman–Crippen MR) is 67.0 cm³/mol. The molecule has 0 fully saturated rings. The summed E-state index contributed by atoms with van der Waals surface area (Å²) in [7, 11) is 0. The number of ether oxygens (including phenoxy) is 1.